The van der Waals surface area contributed by atoms with Gasteiger partial charge in [0.25, 0.3) is 8.32 Å². The topological polar surface area (TPSA) is 54.0 Å². The minimum Gasteiger partial charge on any atom is -0.541 e. The lowest BCUT2D eigenvalue weighted by atomic mass is 10.0. The maximum atomic E-state index is 13.1. The second-order valence-electron chi connectivity index (χ2n) is 8.36. The number of benzene rings is 2. The minimum absolute atomic E-state index is 0.0282. The summed E-state index contributed by atoms with van der Waals surface area (Å²) >= 11 is 0. The Labute approximate surface area is 175 Å². The number of carbonyl (C=O) groups is 1. The molecule has 0 unspecified atom stereocenters. The van der Waals surface area contributed by atoms with Crippen molar-refractivity contribution in [1.29, 1.82) is 0 Å². The van der Waals surface area contributed by atoms with Crippen LogP contribution in [0.15, 0.2) is 36.4 Å². The van der Waals surface area contributed by atoms with Gasteiger partial charge in [-0.25, -0.2) is 0 Å². The molecule has 0 heterocycles. The van der Waals surface area contributed by atoms with E-state index in [1.165, 1.54) is 0 Å². The van der Waals surface area contributed by atoms with Crippen molar-refractivity contribution in [2.24, 2.45) is 0 Å². The van der Waals surface area contributed by atoms with Crippen molar-refractivity contribution < 1.29 is 23.4 Å². The maximum absolute atomic E-state index is 13.1. The highest BCUT2D eigenvalue weighted by Crippen LogP contribution is 2.40. The molecule has 0 aliphatic carbocycles. The van der Waals surface area contributed by atoms with Gasteiger partial charge in [0.05, 0.1) is 20.8 Å². The van der Waals surface area contributed by atoms with Crippen LogP contribution in [0.1, 0.15) is 43.6 Å². The van der Waals surface area contributed by atoms with Crippen molar-refractivity contribution >= 4 is 14.1 Å². The zero-order valence-electron chi connectivity index (χ0n) is 18.7. The standard InChI is InChI=1S/C23H32O5Si/c1-9-27-20-14-16(10-12-18(20)25-5)22(24)17-11-13-19(26-6)21(15-17)28-29(7,8)23(2,3)4/h10-15H,9H2,1-8H3. The van der Waals surface area contributed by atoms with E-state index in [1.807, 2.05) is 6.92 Å². The van der Waals surface area contributed by atoms with E-state index in [1.54, 1.807) is 50.6 Å². The maximum Gasteiger partial charge on any atom is 0.250 e. The third-order valence-electron chi connectivity index (χ3n) is 5.32. The highest BCUT2D eigenvalue weighted by Gasteiger charge is 2.39. The molecular weight excluding hydrogens is 384 g/mol. The number of carbonyl (C=O) groups excluding carboxylic acids is 1. The quantitative estimate of drug-likeness (QED) is 0.407. The Kier molecular flexibility index (Phi) is 7.00. The van der Waals surface area contributed by atoms with Crippen molar-refractivity contribution in [2.45, 2.75) is 45.8 Å². The van der Waals surface area contributed by atoms with E-state index in [0.717, 1.165) is 0 Å². The molecule has 0 fully saturated rings. The molecule has 0 amide bonds. The Hall–Kier alpha value is -2.47. The minimum atomic E-state index is -2.09. The fourth-order valence-corrected chi connectivity index (χ4v) is 3.59. The van der Waals surface area contributed by atoms with Crippen molar-refractivity contribution in [2.75, 3.05) is 20.8 Å². The van der Waals surface area contributed by atoms with Crippen LogP contribution < -0.4 is 18.6 Å². The van der Waals surface area contributed by atoms with E-state index in [2.05, 4.69) is 33.9 Å². The molecular formula is C23H32O5Si. The number of hydrogen-bond acceptors (Lipinski definition) is 5. The molecule has 0 spiro atoms. The zero-order valence-corrected chi connectivity index (χ0v) is 19.7. The molecule has 0 radical (unpaired) electrons. The van der Waals surface area contributed by atoms with Crippen molar-refractivity contribution in [1.82, 2.24) is 0 Å². The smallest absolute Gasteiger partial charge is 0.250 e. The van der Waals surface area contributed by atoms with Crippen LogP contribution >= 0.6 is 0 Å². The SMILES string of the molecule is CCOc1cc(C(=O)c2ccc(OC)c(O[Si](C)(C)C(C)(C)C)c2)ccc1OC. The molecule has 6 heteroatoms. The molecule has 2 rings (SSSR count). The van der Waals surface area contributed by atoms with Crippen molar-refractivity contribution in [3.63, 3.8) is 0 Å². The molecule has 0 atom stereocenters. The van der Waals surface area contributed by atoms with Crippen LogP contribution in [0.25, 0.3) is 0 Å². The van der Waals surface area contributed by atoms with Gasteiger partial charge in [0.1, 0.15) is 5.75 Å². The second kappa shape index (κ2) is 8.90. The van der Waals surface area contributed by atoms with Crippen LogP contribution in [0.3, 0.4) is 0 Å². The number of rotatable bonds is 8. The summed E-state index contributed by atoms with van der Waals surface area (Å²) in [6.07, 6.45) is 0. The summed E-state index contributed by atoms with van der Waals surface area (Å²) in [6, 6.07) is 10.5. The molecule has 2 aromatic rings. The molecule has 0 aromatic heterocycles. The number of ether oxygens (including phenoxy) is 3. The summed E-state index contributed by atoms with van der Waals surface area (Å²) in [5.74, 6) is 2.25. The van der Waals surface area contributed by atoms with Gasteiger partial charge in [0.15, 0.2) is 23.0 Å². The molecule has 0 aliphatic rings. The predicted molar refractivity (Wildman–Crippen MR) is 118 cm³/mol. The molecule has 5 nitrogen and oxygen atoms in total. The third kappa shape index (κ3) is 5.12. The van der Waals surface area contributed by atoms with Crippen molar-refractivity contribution in [3.05, 3.63) is 47.5 Å². The van der Waals surface area contributed by atoms with Crippen LogP contribution in [0.4, 0.5) is 0 Å². The Balaban J connectivity index is 2.43. The van der Waals surface area contributed by atoms with E-state index in [0.29, 0.717) is 40.7 Å². The van der Waals surface area contributed by atoms with Gasteiger partial charge in [-0.15, -0.1) is 0 Å². The molecule has 0 N–H and O–H groups in total. The van der Waals surface area contributed by atoms with E-state index < -0.39 is 8.32 Å². The largest absolute Gasteiger partial charge is 0.541 e. The first kappa shape index (κ1) is 22.8. The summed E-state index contributed by atoms with van der Waals surface area (Å²) in [5, 5.41) is 0.0282. The number of ketones is 1. The molecule has 29 heavy (non-hydrogen) atoms. The van der Waals surface area contributed by atoms with Gasteiger partial charge in [0.2, 0.25) is 0 Å². The van der Waals surface area contributed by atoms with E-state index in [9.17, 15) is 4.79 Å². The van der Waals surface area contributed by atoms with Crippen LogP contribution in [-0.4, -0.2) is 34.9 Å². The first-order chi connectivity index (χ1) is 13.5. The Morgan fingerprint density at radius 3 is 1.79 bits per heavy atom. The normalized spacial score (nSPS) is 11.7. The highest BCUT2D eigenvalue weighted by molar-refractivity contribution is 6.74. The Morgan fingerprint density at radius 2 is 1.34 bits per heavy atom. The summed E-state index contributed by atoms with van der Waals surface area (Å²) in [4.78, 5) is 13.1. The number of methoxy groups -OCH3 is 2. The predicted octanol–water partition coefficient (Wildman–Crippen LogP) is 5.72. The van der Waals surface area contributed by atoms with Crippen LogP contribution in [0, 0.1) is 0 Å². The summed E-state index contributed by atoms with van der Waals surface area (Å²) in [6.45, 7) is 13.2. The van der Waals surface area contributed by atoms with Crippen LogP contribution in [0.2, 0.25) is 18.1 Å². The fraction of sp³-hybridized carbons (Fsp3) is 0.435. The van der Waals surface area contributed by atoms with Gasteiger partial charge in [-0.05, 0) is 61.5 Å². The lowest BCUT2D eigenvalue weighted by molar-refractivity contribution is 0.103. The van der Waals surface area contributed by atoms with E-state index in [4.69, 9.17) is 18.6 Å². The van der Waals surface area contributed by atoms with Crippen molar-refractivity contribution in [3.8, 4) is 23.0 Å². The zero-order chi connectivity index (χ0) is 21.8. The molecule has 0 saturated carbocycles. The van der Waals surface area contributed by atoms with Crippen LogP contribution in [-0.2, 0) is 0 Å². The van der Waals surface area contributed by atoms with Gasteiger partial charge in [-0.2, -0.15) is 0 Å². The van der Waals surface area contributed by atoms with Gasteiger partial charge >= 0.3 is 0 Å². The lowest BCUT2D eigenvalue weighted by Crippen LogP contribution is -2.44. The van der Waals surface area contributed by atoms with Crippen LogP contribution in [0.5, 0.6) is 23.0 Å². The fourth-order valence-electron chi connectivity index (χ4n) is 2.58. The molecule has 2 aromatic carbocycles. The average molecular weight is 417 g/mol. The summed E-state index contributed by atoms with van der Waals surface area (Å²) in [5.41, 5.74) is 1.06. The lowest BCUT2D eigenvalue weighted by Gasteiger charge is -2.36. The van der Waals surface area contributed by atoms with Gasteiger partial charge in [-0.1, -0.05) is 20.8 Å². The summed E-state index contributed by atoms with van der Waals surface area (Å²) < 4.78 is 22.8. The summed E-state index contributed by atoms with van der Waals surface area (Å²) in [7, 11) is 1.09. The van der Waals surface area contributed by atoms with Gasteiger partial charge < -0.3 is 18.6 Å². The van der Waals surface area contributed by atoms with E-state index >= 15 is 0 Å². The Morgan fingerprint density at radius 1 is 0.862 bits per heavy atom. The first-order valence-corrected chi connectivity index (χ1v) is 12.7. The van der Waals surface area contributed by atoms with E-state index in [-0.39, 0.29) is 10.8 Å². The monoisotopic (exact) mass is 416 g/mol. The van der Waals surface area contributed by atoms with Gasteiger partial charge in [-0.3, -0.25) is 4.79 Å². The molecule has 0 aliphatic heterocycles. The average Bonchev–Trinajstić information content (AvgIpc) is 2.66. The second-order valence-corrected chi connectivity index (χ2v) is 13.1. The first-order valence-electron chi connectivity index (χ1n) is 9.76. The Bertz CT molecular complexity index is 868. The molecule has 158 valence electrons. The van der Waals surface area contributed by atoms with Gasteiger partial charge in [0, 0.05) is 11.1 Å². The third-order valence-corrected chi connectivity index (χ3v) is 9.67. The molecule has 0 bridgehead atoms. The highest BCUT2D eigenvalue weighted by atomic mass is 28.4. The molecule has 0 saturated heterocycles. The number of hydrogen-bond donors (Lipinski definition) is 0.